The van der Waals surface area contributed by atoms with E-state index < -0.39 is 12.7 Å². The lowest BCUT2D eigenvalue weighted by atomic mass is 10.1. The lowest BCUT2D eigenvalue weighted by molar-refractivity contribution is 0.182. The molecule has 0 aliphatic carbocycles. The highest BCUT2D eigenvalue weighted by molar-refractivity contribution is 6.30. The smallest absolute Gasteiger partial charge is 0.325 e. The molecule has 1 aromatic carbocycles. The molecule has 2 amide bonds. The molecule has 0 saturated carbocycles. The van der Waals surface area contributed by atoms with Crippen LogP contribution < -0.4 is 14.5 Å². The molecular weight excluding hydrogens is 371 g/mol. The van der Waals surface area contributed by atoms with Crippen LogP contribution in [0.5, 0.6) is 5.75 Å². The molecule has 1 atom stereocenters. The van der Waals surface area contributed by atoms with E-state index in [1.165, 1.54) is 4.90 Å². The second kappa shape index (κ2) is 7.60. The number of anilines is 2. The summed E-state index contributed by atoms with van der Waals surface area (Å²) in [7, 11) is 0. The van der Waals surface area contributed by atoms with Crippen LogP contribution in [-0.4, -0.2) is 61.4 Å². The molecule has 2 aliphatic rings. The van der Waals surface area contributed by atoms with E-state index in [-0.39, 0.29) is 12.6 Å². The largest absolute Gasteiger partial charge is 0.489 e. The lowest BCUT2D eigenvalue weighted by Gasteiger charge is -2.41. The maximum absolute atomic E-state index is 13.6. The van der Waals surface area contributed by atoms with Crippen molar-refractivity contribution in [3.05, 3.63) is 47.6 Å². The zero-order chi connectivity index (χ0) is 18.8. The third-order valence-corrected chi connectivity index (χ3v) is 5.12. The molecule has 1 fully saturated rings. The predicted octanol–water partition coefficient (Wildman–Crippen LogP) is 3.21. The molecule has 2 aliphatic heterocycles. The number of piperazine rings is 1. The van der Waals surface area contributed by atoms with Crippen molar-refractivity contribution in [2.24, 2.45) is 0 Å². The zero-order valence-electron chi connectivity index (χ0n) is 14.7. The van der Waals surface area contributed by atoms with Gasteiger partial charge in [0.2, 0.25) is 0 Å². The molecule has 0 radical (unpaired) electrons. The summed E-state index contributed by atoms with van der Waals surface area (Å²) in [4.78, 5) is 22.9. The number of hydrogen-bond donors (Lipinski definition) is 0. The van der Waals surface area contributed by atoms with Gasteiger partial charge in [0.15, 0.2) is 0 Å². The maximum atomic E-state index is 13.6. The van der Waals surface area contributed by atoms with Gasteiger partial charge in [-0.1, -0.05) is 17.7 Å². The van der Waals surface area contributed by atoms with E-state index >= 15 is 0 Å². The molecule has 0 N–H and O–H groups in total. The van der Waals surface area contributed by atoms with Crippen molar-refractivity contribution in [2.45, 2.75) is 6.04 Å². The highest BCUT2D eigenvalue weighted by Gasteiger charge is 2.36. The zero-order valence-corrected chi connectivity index (χ0v) is 15.5. The molecule has 3 heterocycles. The average molecular weight is 391 g/mol. The standard InChI is InChI=1S/C19H20ClFN4O2/c20-14-4-5-16-17(11-14)27-13-15(12-21)25(16)19(26)24-9-7-23(8-10-24)18-3-1-2-6-22-18/h1-6,11,15H,7-10,12-13H2. The van der Waals surface area contributed by atoms with Gasteiger partial charge >= 0.3 is 6.03 Å². The number of urea groups is 1. The normalized spacial score (nSPS) is 19.5. The maximum Gasteiger partial charge on any atom is 0.325 e. The molecular formula is C19H20ClFN4O2. The van der Waals surface area contributed by atoms with Gasteiger partial charge < -0.3 is 14.5 Å². The first kappa shape index (κ1) is 17.9. The third-order valence-electron chi connectivity index (χ3n) is 4.89. The van der Waals surface area contributed by atoms with Crippen molar-refractivity contribution >= 4 is 29.1 Å². The van der Waals surface area contributed by atoms with Crippen LogP contribution in [0.15, 0.2) is 42.6 Å². The predicted molar refractivity (Wildman–Crippen MR) is 103 cm³/mol. The second-order valence-electron chi connectivity index (χ2n) is 6.55. The first-order valence-corrected chi connectivity index (χ1v) is 9.27. The number of carbonyl (C=O) groups is 1. The number of benzene rings is 1. The Morgan fingerprint density at radius 2 is 2.04 bits per heavy atom. The summed E-state index contributed by atoms with van der Waals surface area (Å²) in [6.07, 6.45) is 1.76. The number of rotatable bonds is 2. The summed E-state index contributed by atoms with van der Waals surface area (Å²) < 4.78 is 19.2. The quantitative estimate of drug-likeness (QED) is 0.790. The van der Waals surface area contributed by atoms with Crippen molar-refractivity contribution in [3.8, 4) is 5.75 Å². The average Bonchev–Trinajstić information content (AvgIpc) is 2.73. The van der Waals surface area contributed by atoms with Gasteiger partial charge in [0.1, 0.15) is 30.9 Å². The molecule has 142 valence electrons. The van der Waals surface area contributed by atoms with Crippen molar-refractivity contribution in [2.75, 3.05) is 49.3 Å². The molecule has 1 saturated heterocycles. The van der Waals surface area contributed by atoms with Gasteiger partial charge in [-0.25, -0.2) is 14.2 Å². The fourth-order valence-electron chi connectivity index (χ4n) is 3.45. The number of carbonyl (C=O) groups excluding carboxylic acids is 1. The lowest BCUT2D eigenvalue weighted by Crippen LogP contribution is -2.57. The third kappa shape index (κ3) is 3.51. The molecule has 27 heavy (non-hydrogen) atoms. The van der Waals surface area contributed by atoms with Crippen molar-refractivity contribution in [1.82, 2.24) is 9.88 Å². The molecule has 0 bridgehead atoms. The Bertz CT molecular complexity index is 815. The van der Waals surface area contributed by atoms with Crippen molar-refractivity contribution in [3.63, 3.8) is 0 Å². The summed E-state index contributed by atoms with van der Waals surface area (Å²) in [6.45, 7) is 1.91. The van der Waals surface area contributed by atoms with Crippen LogP contribution in [0.4, 0.5) is 20.7 Å². The highest BCUT2D eigenvalue weighted by Crippen LogP contribution is 2.37. The van der Waals surface area contributed by atoms with Gasteiger partial charge in [-0.15, -0.1) is 0 Å². The van der Waals surface area contributed by atoms with Gasteiger partial charge in [0.25, 0.3) is 0 Å². The van der Waals surface area contributed by atoms with E-state index in [0.29, 0.717) is 42.6 Å². The molecule has 1 aromatic heterocycles. The van der Waals surface area contributed by atoms with E-state index in [0.717, 1.165) is 5.82 Å². The van der Waals surface area contributed by atoms with Crippen molar-refractivity contribution < 1.29 is 13.9 Å². The van der Waals surface area contributed by atoms with E-state index in [2.05, 4.69) is 9.88 Å². The Labute approximate surface area is 162 Å². The number of nitrogens with zero attached hydrogens (tertiary/aromatic N) is 4. The van der Waals surface area contributed by atoms with Crippen LogP contribution in [0.1, 0.15) is 0 Å². The van der Waals surface area contributed by atoms with Gasteiger partial charge in [-0.2, -0.15) is 0 Å². The van der Waals surface area contributed by atoms with Gasteiger partial charge in [0.05, 0.1) is 5.69 Å². The number of hydrogen-bond acceptors (Lipinski definition) is 4. The first-order valence-electron chi connectivity index (χ1n) is 8.90. The monoisotopic (exact) mass is 390 g/mol. The molecule has 6 nitrogen and oxygen atoms in total. The van der Waals surface area contributed by atoms with E-state index in [4.69, 9.17) is 16.3 Å². The Morgan fingerprint density at radius 3 is 2.74 bits per heavy atom. The van der Waals surface area contributed by atoms with Crippen molar-refractivity contribution in [1.29, 1.82) is 0 Å². The number of halogens is 2. The van der Waals surface area contributed by atoms with E-state index in [9.17, 15) is 9.18 Å². The van der Waals surface area contributed by atoms with Crippen LogP contribution in [-0.2, 0) is 0 Å². The summed E-state index contributed by atoms with van der Waals surface area (Å²) in [5, 5.41) is 0.517. The summed E-state index contributed by atoms with van der Waals surface area (Å²) in [5.41, 5.74) is 0.561. The van der Waals surface area contributed by atoms with Crippen LogP contribution in [0, 0.1) is 0 Å². The first-order chi connectivity index (χ1) is 13.2. The molecule has 8 heteroatoms. The minimum Gasteiger partial charge on any atom is -0.489 e. The molecule has 0 spiro atoms. The SMILES string of the molecule is O=C(N1CCN(c2ccccn2)CC1)N1c2ccc(Cl)cc2OCC1CF. The number of fused-ring (bicyclic) bond motifs is 1. The number of alkyl halides is 1. The number of aromatic nitrogens is 1. The van der Waals surface area contributed by atoms with Gasteiger partial charge in [0, 0.05) is 43.5 Å². The minimum absolute atomic E-state index is 0.115. The summed E-state index contributed by atoms with van der Waals surface area (Å²) >= 11 is 6.02. The molecule has 4 rings (SSSR count). The van der Waals surface area contributed by atoms with Crippen LogP contribution in [0.2, 0.25) is 5.02 Å². The van der Waals surface area contributed by atoms with E-state index in [1.54, 1.807) is 29.3 Å². The Balaban J connectivity index is 1.51. The van der Waals surface area contributed by atoms with Crippen LogP contribution >= 0.6 is 11.6 Å². The van der Waals surface area contributed by atoms with Gasteiger partial charge in [-0.3, -0.25) is 4.90 Å². The fraction of sp³-hybridized carbons (Fsp3) is 0.368. The Hall–Kier alpha value is -2.54. The Kier molecular flexibility index (Phi) is 5.03. The molecule has 1 unspecified atom stereocenters. The number of pyridine rings is 1. The Morgan fingerprint density at radius 1 is 1.22 bits per heavy atom. The topological polar surface area (TPSA) is 48.9 Å². The summed E-state index contributed by atoms with van der Waals surface area (Å²) in [5.74, 6) is 1.41. The number of ether oxygens (including phenoxy) is 1. The number of amides is 2. The minimum atomic E-state index is -0.665. The van der Waals surface area contributed by atoms with E-state index in [1.807, 2.05) is 18.2 Å². The second-order valence-corrected chi connectivity index (χ2v) is 6.98. The van der Waals surface area contributed by atoms with Gasteiger partial charge in [-0.05, 0) is 24.3 Å². The van der Waals surface area contributed by atoms with Crippen LogP contribution in [0.3, 0.4) is 0 Å². The van der Waals surface area contributed by atoms with Crippen LogP contribution in [0.25, 0.3) is 0 Å². The summed E-state index contributed by atoms with van der Waals surface area (Å²) in [6, 6.07) is 9.99. The fourth-order valence-corrected chi connectivity index (χ4v) is 3.61. The molecule has 2 aromatic rings. The highest BCUT2D eigenvalue weighted by atomic mass is 35.5.